The Labute approximate surface area is 241 Å². The first-order chi connectivity index (χ1) is 19.6. The predicted molar refractivity (Wildman–Crippen MR) is 159 cm³/mol. The number of aliphatic carboxylic acids is 2. The zero-order chi connectivity index (χ0) is 30.4. The summed E-state index contributed by atoms with van der Waals surface area (Å²) in [6.07, 6.45) is 5.87. The summed E-state index contributed by atoms with van der Waals surface area (Å²) in [6, 6.07) is 14.0. The molecule has 0 atom stereocenters. The monoisotopic (exact) mass is 567 g/mol. The minimum atomic E-state index is -1.82. The molecule has 0 aliphatic heterocycles. The number of amides is 1. The molecule has 1 aromatic heterocycles. The predicted octanol–water partition coefficient (Wildman–Crippen LogP) is 4.82. The van der Waals surface area contributed by atoms with E-state index in [1.54, 1.807) is 14.2 Å². The number of pyridine rings is 1. The van der Waals surface area contributed by atoms with Crippen LogP contribution in [0.2, 0.25) is 0 Å². The normalized spacial score (nSPS) is 10.6. The molecular formula is C31H41N3O7. The van der Waals surface area contributed by atoms with Crippen LogP contribution in [0.1, 0.15) is 49.9 Å². The summed E-state index contributed by atoms with van der Waals surface area (Å²) in [5.41, 5.74) is 5.31. The quantitative estimate of drug-likeness (QED) is 0.248. The molecule has 2 aromatic carbocycles. The number of nitrogens with one attached hydrogen (secondary N) is 1. The van der Waals surface area contributed by atoms with Gasteiger partial charge < -0.3 is 25.0 Å². The highest BCUT2D eigenvalue weighted by Crippen LogP contribution is 2.31. The number of carbonyl (C=O) groups is 3. The van der Waals surface area contributed by atoms with Crippen molar-refractivity contribution in [3.05, 3.63) is 59.3 Å². The first kappa shape index (κ1) is 33.0. The number of likely N-dealkylation sites (N-methyl/N-ethyl adjacent to an activating group) is 1. The molecule has 10 heteroatoms. The standard InChI is InChI=1S/C29H39N3O3.C2H2O4/c1-6-8-13-24-22(11-7-2)29(23-12-9-10-14-25(23)30-24)31-28(33)20-32(3)18-17-21-15-16-26(34-4)27(19-21)35-5;3-1(4)2(5)6/h9-10,12,14-16,19H,6-8,11,13,17-18,20H2,1-5H3,(H,30,31,33);(H,3,4)(H,5,6). The maximum atomic E-state index is 13.1. The Morgan fingerprint density at radius 1 is 0.902 bits per heavy atom. The van der Waals surface area contributed by atoms with Crippen LogP contribution in [-0.4, -0.2) is 72.3 Å². The smallest absolute Gasteiger partial charge is 0.414 e. The van der Waals surface area contributed by atoms with Crippen LogP contribution in [0.3, 0.4) is 0 Å². The number of hydrogen-bond donors (Lipinski definition) is 3. The number of para-hydroxylation sites is 1. The lowest BCUT2D eigenvalue weighted by Gasteiger charge is -2.20. The van der Waals surface area contributed by atoms with Gasteiger partial charge in [0, 0.05) is 17.6 Å². The SMILES string of the molecule is CCCCc1nc2ccccc2c(NC(=O)CN(C)CCc2ccc(OC)c(OC)c2)c1CCC.O=C(O)C(=O)O. The summed E-state index contributed by atoms with van der Waals surface area (Å²) in [4.78, 5) is 38.4. The van der Waals surface area contributed by atoms with Crippen molar-refractivity contribution in [2.75, 3.05) is 39.7 Å². The van der Waals surface area contributed by atoms with Crippen molar-refractivity contribution < 1.29 is 34.1 Å². The number of aromatic nitrogens is 1. The lowest BCUT2D eigenvalue weighted by molar-refractivity contribution is -0.159. The number of carboxylic acid groups (broad SMARTS) is 2. The fraction of sp³-hybridized carbons (Fsp3) is 0.419. The van der Waals surface area contributed by atoms with Gasteiger partial charge in [-0.05, 0) is 62.1 Å². The van der Waals surface area contributed by atoms with E-state index in [0.29, 0.717) is 6.54 Å². The van der Waals surface area contributed by atoms with E-state index in [9.17, 15) is 4.79 Å². The van der Waals surface area contributed by atoms with Crippen molar-refractivity contribution in [3.63, 3.8) is 0 Å². The van der Waals surface area contributed by atoms with E-state index >= 15 is 0 Å². The van der Waals surface area contributed by atoms with Gasteiger partial charge in [0.05, 0.1) is 32.0 Å². The number of methoxy groups -OCH3 is 2. The van der Waals surface area contributed by atoms with Crippen molar-refractivity contribution in [2.24, 2.45) is 0 Å². The second kappa shape index (κ2) is 16.8. The number of rotatable bonds is 13. The second-order valence-electron chi connectivity index (χ2n) is 9.62. The highest BCUT2D eigenvalue weighted by Gasteiger charge is 2.17. The van der Waals surface area contributed by atoms with E-state index < -0.39 is 11.9 Å². The minimum Gasteiger partial charge on any atom is -0.493 e. The zero-order valence-corrected chi connectivity index (χ0v) is 24.5. The fourth-order valence-corrected chi connectivity index (χ4v) is 4.37. The fourth-order valence-electron chi connectivity index (χ4n) is 4.37. The molecular weight excluding hydrogens is 526 g/mol. The molecule has 0 radical (unpaired) electrons. The topological polar surface area (TPSA) is 138 Å². The molecule has 3 rings (SSSR count). The van der Waals surface area contributed by atoms with Gasteiger partial charge in [0.1, 0.15) is 0 Å². The molecule has 0 saturated heterocycles. The molecule has 0 aliphatic rings. The summed E-state index contributed by atoms with van der Waals surface area (Å²) in [5.74, 6) is -2.22. The Morgan fingerprint density at radius 3 is 2.20 bits per heavy atom. The number of ether oxygens (including phenoxy) is 2. The summed E-state index contributed by atoms with van der Waals surface area (Å²) in [5, 5.41) is 19.1. The van der Waals surface area contributed by atoms with Gasteiger partial charge in [-0.3, -0.25) is 14.7 Å². The summed E-state index contributed by atoms with van der Waals surface area (Å²) >= 11 is 0. The first-order valence-corrected chi connectivity index (χ1v) is 13.7. The van der Waals surface area contributed by atoms with Gasteiger partial charge in [-0.25, -0.2) is 9.59 Å². The number of unbranched alkanes of at least 4 members (excludes halogenated alkanes) is 1. The largest absolute Gasteiger partial charge is 0.493 e. The molecule has 0 spiro atoms. The summed E-state index contributed by atoms with van der Waals surface area (Å²) in [7, 11) is 5.25. The highest BCUT2D eigenvalue weighted by molar-refractivity contribution is 6.27. The summed E-state index contributed by atoms with van der Waals surface area (Å²) < 4.78 is 10.7. The van der Waals surface area contributed by atoms with E-state index in [2.05, 4.69) is 25.2 Å². The molecule has 3 aromatic rings. The van der Waals surface area contributed by atoms with E-state index in [4.69, 9.17) is 34.3 Å². The van der Waals surface area contributed by atoms with Crippen molar-refractivity contribution in [3.8, 4) is 11.5 Å². The lowest BCUT2D eigenvalue weighted by atomic mass is 9.98. The number of carboxylic acids is 2. The van der Waals surface area contributed by atoms with Crippen LogP contribution in [0, 0.1) is 0 Å². The zero-order valence-electron chi connectivity index (χ0n) is 24.5. The molecule has 0 fully saturated rings. The molecule has 10 nitrogen and oxygen atoms in total. The van der Waals surface area contributed by atoms with Crippen molar-refractivity contribution in [1.82, 2.24) is 9.88 Å². The molecule has 0 saturated carbocycles. The lowest BCUT2D eigenvalue weighted by Crippen LogP contribution is -2.32. The summed E-state index contributed by atoms with van der Waals surface area (Å²) in [6.45, 7) is 5.44. The molecule has 222 valence electrons. The van der Waals surface area contributed by atoms with Gasteiger partial charge >= 0.3 is 11.9 Å². The van der Waals surface area contributed by atoms with Crippen molar-refractivity contribution in [1.29, 1.82) is 0 Å². The van der Waals surface area contributed by atoms with E-state index in [0.717, 1.165) is 84.4 Å². The molecule has 41 heavy (non-hydrogen) atoms. The third kappa shape index (κ3) is 10.1. The van der Waals surface area contributed by atoms with Gasteiger partial charge in [0.15, 0.2) is 11.5 Å². The number of aryl methyl sites for hydroxylation is 1. The number of hydrogen-bond acceptors (Lipinski definition) is 7. The molecule has 0 unspecified atom stereocenters. The molecule has 0 bridgehead atoms. The minimum absolute atomic E-state index is 0.00467. The van der Waals surface area contributed by atoms with E-state index in [-0.39, 0.29) is 5.91 Å². The molecule has 3 N–H and O–H groups in total. The average Bonchev–Trinajstić information content (AvgIpc) is 2.96. The van der Waals surface area contributed by atoms with Gasteiger partial charge in [0.2, 0.25) is 5.91 Å². The number of fused-ring (bicyclic) bond motifs is 1. The Bertz CT molecular complexity index is 1310. The Kier molecular flexibility index (Phi) is 13.5. The number of carbonyl (C=O) groups excluding carboxylic acids is 1. The third-order valence-electron chi connectivity index (χ3n) is 6.44. The highest BCUT2D eigenvalue weighted by atomic mass is 16.5. The van der Waals surface area contributed by atoms with Gasteiger partial charge in [0.25, 0.3) is 0 Å². The van der Waals surface area contributed by atoms with Gasteiger partial charge in [-0.15, -0.1) is 0 Å². The van der Waals surface area contributed by atoms with Crippen LogP contribution in [0.25, 0.3) is 10.9 Å². The number of anilines is 1. The maximum Gasteiger partial charge on any atom is 0.414 e. The maximum absolute atomic E-state index is 13.1. The first-order valence-electron chi connectivity index (χ1n) is 13.7. The van der Waals surface area contributed by atoms with E-state index in [1.807, 2.05) is 48.3 Å². The van der Waals surface area contributed by atoms with Crippen LogP contribution >= 0.6 is 0 Å². The second-order valence-corrected chi connectivity index (χ2v) is 9.62. The van der Waals surface area contributed by atoms with E-state index in [1.165, 1.54) is 5.56 Å². The van der Waals surface area contributed by atoms with Crippen molar-refractivity contribution >= 4 is 34.4 Å². The molecule has 1 heterocycles. The molecule has 0 aliphatic carbocycles. The van der Waals surface area contributed by atoms with Crippen LogP contribution in [0.5, 0.6) is 11.5 Å². The Hall–Kier alpha value is -4.18. The van der Waals surface area contributed by atoms with Crippen LogP contribution in [0.15, 0.2) is 42.5 Å². The van der Waals surface area contributed by atoms with Crippen LogP contribution in [0.4, 0.5) is 5.69 Å². The number of benzene rings is 2. The van der Waals surface area contributed by atoms with Crippen molar-refractivity contribution in [2.45, 2.75) is 52.4 Å². The Morgan fingerprint density at radius 2 is 1.59 bits per heavy atom. The average molecular weight is 568 g/mol. The molecule has 1 amide bonds. The Balaban J connectivity index is 0.000000883. The van der Waals surface area contributed by atoms with Gasteiger partial charge in [-0.2, -0.15) is 0 Å². The van der Waals surface area contributed by atoms with Crippen LogP contribution in [-0.2, 0) is 33.6 Å². The van der Waals surface area contributed by atoms with Gasteiger partial charge in [-0.1, -0.05) is 51.0 Å². The third-order valence-corrected chi connectivity index (χ3v) is 6.44. The number of nitrogens with zero attached hydrogens (tertiary/aromatic N) is 2. The van der Waals surface area contributed by atoms with Crippen LogP contribution < -0.4 is 14.8 Å².